The van der Waals surface area contributed by atoms with Gasteiger partial charge in [-0.05, 0) is 33.0 Å². The topological polar surface area (TPSA) is 42.1 Å². The second-order valence-electron chi connectivity index (χ2n) is 4.20. The summed E-state index contributed by atoms with van der Waals surface area (Å²) in [6.07, 6.45) is 4.83. The third-order valence-corrected chi connectivity index (χ3v) is 3.97. The van der Waals surface area contributed by atoms with Crippen LogP contribution in [0.25, 0.3) is 0 Å². The van der Waals surface area contributed by atoms with Crippen LogP contribution in [0.4, 0.5) is 0 Å². The predicted molar refractivity (Wildman–Crippen MR) is 64.1 cm³/mol. The molecular weight excluding hydrogens is 206 g/mol. The molecule has 0 spiro atoms. The monoisotopic (exact) mass is 225 g/mol. The average molecular weight is 225 g/mol. The Bertz CT molecular complexity index is 311. The van der Waals surface area contributed by atoms with E-state index >= 15 is 0 Å². The lowest BCUT2D eigenvalue weighted by molar-refractivity contribution is 0.184. The van der Waals surface area contributed by atoms with Gasteiger partial charge in [0.25, 0.3) is 0 Å². The van der Waals surface area contributed by atoms with Crippen molar-refractivity contribution in [2.45, 2.75) is 31.7 Å². The van der Waals surface area contributed by atoms with Gasteiger partial charge in [0.2, 0.25) is 0 Å². The van der Waals surface area contributed by atoms with Gasteiger partial charge < -0.3 is 5.73 Å². The molecule has 3 nitrogen and oxygen atoms in total. The molecule has 0 saturated carbocycles. The zero-order valence-electron chi connectivity index (χ0n) is 9.28. The van der Waals surface area contributed by atoms with Crippen molar-refractivity contribution >= 4 is 11.3 Å². The standard InChI is InChI=1S/C11H19N3S/c1-14-7-3-2-4-10(14)9-8-15-11(13-9)5-6-12/h8,10H,2-7,12H2,1H3. The highest BCUT2D eigenvalue weighted by Gasteiger charge is 2.22. The van der Waals surface area contributed by atoms with Gasteiger partial charge in [-0.25, -0.2) is 4.98 Å². The van der Waals surface area contributed by atoms with Crippen molar-refractivity contribution in [2.24, 2.45) is 5.73 Å². The lowest BCUT2D eigenvalue weighted by atomic mass is 10.0. The molecule has 1 aliphatic heterocycles. The quantitative estimate of drug-likeness (QED) is 0.853. The van der Waals surface area contributed by atoms with Crippen molar-refractivity contribution in [3.05, 3.63) is 16.1 Å². The van der Waals surface area contributed by atoms with Crippen LogP contribution in [0, 0.1) is 0 Å². The molecule has 2 N–H and O–H groups in total. The summed E-state index contributed by atoms with van der Waals surface area (Å²) in [4.78, 5) is 7.09. The summed E-state index contributed by atoms with van der Waals surface area (Å²) in [6.45, 7) is 1.90. The molecular formula is C11H19N3S. The summed E-state index contributed by atoms with van der Waals surface area (Å²) < 4.78 is 0. The Morgan fingerprint density at radius 3 is 3.20 bits per heavy atom. The van der Waals surface area contributed by atoms with Gasteiger partial charge in [0.1, 0.15) is 0 Å². The average Bonchev–Trinajstić information content (AvgIpc) is 2.68. The molecule has 84 valence electrons. The molecule has 2 heterocycles. The first kappa shape index (κ1) is 11.0. The van der Waals surface area contributed by atoms with Crippen LogP contribution in [-0.2, 0) is 6.42 Å². The number of nitrogens with zero attached hydrogens (tertiary/aromatic N) is 2. The van der Waals surface area contributed by atoms with Crippen LogP contribution in [0.2, 0.25) is 0 Å². The Hall–Kier alpha value is -0.450. The van der Waals surface area contributed by atoms with Crippen molar-refractivity contribution in [2.75, 3.05) is 20.1 Å². The Kier molecular flexibility index (Phi) is 3.72. The van der Waals surface area contributed by atoms with Crippen LogP contribution >= 0.6 is 11.3 Å². The molecule has 4 heteroatoms. The molecule has 1 saturated heterocycles. The highest BCUT2D eigenvalue weighted by atomic mass is 32.1. The van der Waals surface area contributed by atoms with E-state index in [1.54, 1.807) is 11.3 Å². The number of hydrogen-bond donors (Lipinski definition) is 1. The summed E-state index contributed by atoms with van der Waals surface area (Å²) in [6, 6.07) is 0.543. The summed E-state index contributed by atoms with van der Waals surface area (Å²) in [5.74, 6) is 0. The second kappa shape index (κ2) is 5.05. The maximum absolute atomic E-state index is 5.53. The van der Waals surface area contributed by atoms with Crippen molar-refractivity contribution in [1.29, 1.82) is 0 Å². The minimum atomic E-state index is 0.543. The highest BCUT2D eigenvalue weighted by Crippen LogP contribution is 2.30. The van der Waals surface area contributed by atoms with Gasteiger partial charge in [-0.1, -0.05) is 6.42 Å². The minimum Gasteiger partial charge on any atom is -0.330 e. The van der Waals surface area contributed by atoms with Crippen molar-refractivity contribution in [3.8, 4) is 0 Å². The van der Waals surface area contributed by atoms with Crippen LogP contribution in [0.1, 0.15) is 36.0 Å². The number of nitrogens with two attached hydrogens (primary N) is 1. The third-order valence-electron chi connectivity index (χ3n) is 3.04. The molecule has 1 aromatic rings. The minimum absolute atomic E-state index is 0.543. The Morgan fingerprint density at radius 1 is 1.60 bits per heavy atom. The van der Waals surface area contributed by atoms with E-state index in [9.17, 15) is 0 Å². The molecule has 1 atom stereocenters. The maximum atomic E-state index is 5.53. The van der Waals surface area contributed by atoms with E-state index in [-0.39, 0.29) is 0 Å². The molecule has 1 aliphatic rings. The first-order valence-corrected chi connectivity index (χ1v) is 6.54. The van der Waals surface area contributed by atoms with Gasteiger partial charge in [-0.3, -0.25) is 4.90 Å². The van der Waals surface area contributed by atoms with Gasteiger partial charge in [0.05, 0.1) is 16.7 Å². The zero-order chi connectivity index (χ0) is 10.7. The molecule has 2 rings (SSSR count). The lowest BCUT2D eigenvalue weighted by Crippen LogP contribution is -2.29. The van der Waals surface area contributed by atoms with E-state index in [4.69, 9.17) is 5.73 Å². The Labute approximate surface area is 95.3 Å². The van der Waals surface area contributed by atoms with Crippen LogP contribution in [-0.4, -0.2) is 30.0 Å². The fourth-order valence-electron chi connectivity index (χ4n) is 2.17. The molecule has 0 aromatic carbocycles. The van der Waals surface area contributed by atoms with Crippen molar-refractivity contribution < 1.29 is 0 Å². The first-order chi connectivity index (χ1) is 7.31. The number of rotatable bonds is 3. The largest absolute Gasteiger partial charge is 0.330 e. The molecule has 0 amide bonds. The van der Waals surface area contributed by atoms with E-state index in [0.717, 1.165) is 6.42 Å². The van der Waals surface area contributed by atoms with Crippen LogP contribution in [0.5, 0.6) is 0 Å². The molecule has 0 radical (unpaired) electrons. The van der Waals surface area contributed by atoms with E-state index < -0.39 is 0 Å². The van der Waals surface area contributed by atoms with Gasteiger partial charge in [-0.15, -0.1) is 11.3 Å². The molecule has 0 aliphatic carbocycles. The van der Waals surface area contributed by atoms with Gasteiger partial charge in [-0.2, -0.15) is 0 Å². The van der Waals surface area contributed by atoms with Crippen LogP contribution < -0.4 is 5.73 Å². The summed E-state index contributed by atoms with van der Waals surface area (Å²) in [7, 11) is 2.20. The van der Waals surface area contributed by atoms with E-state index in [2.05, 4.69) is 22.3 Å². The van der Waals surface area contributed by atoms with Gasteiger partial charge >= 0.3 is 0 Å². The van der Waals surface area contributed by atoms with E-state index in [0.29, 0.717) is 12.6 Å². The highest BCUT2D eigenvalue weighted by molar-refractivity contribution is 7.09. The predicted octanol–water partition coefficient (Wildman–Crippen LogP) is 1.80. The number of hydrogen-bond acceptors (Lipinski definition) is 4. The fraction of sp³-hybridized carbons (Fsp3) is 0.727. The summed E-state index contributed by atoms with van der Waals surface area (Å²) >= 11 is 1.75. The summed E-state index contributed by atoms with van der Waals surface area (Å²) in [5, 5.41) is 3.39. The maximum Gasteiger partial charge on any atom is 0.0941 e. The number of piperidine rings is 1. The normalized spacial score (nSPS) is 23.2. The molecule has 1 unspecified atom stereocenters. The zero-order valence-corrected chi connectivity index (χ0v) is 10.1. The second-order valence-corrected chi connectivity index (χ2v) is 5.14. The molecule has 1 fully saturated rings. The van der Waals surface area contributed by atoms with E-state index in [1.165, 1.54) is 36.5 Å². The fourth-order valence-corrected chi connectivity index (χ4v) is 3.03. The van der Waals surface area contributed by atoms with Crippen molar-refractivity contribution in [1.82, 2.24) is 9.88 Å². The van der Waals surface area contributed by atoms with Crippen LogP contribution in [0.3, 0.4) is 0 Å². The molecule has 15 heavy (non-hydrogen) atoms. The lowest BCUT2D eigenvalue weighted by Gasteiger charge is -2.31. The SMILES string of the molecule is CN1CCCCC1c1csc(CCN)n1. The molecule has 1 aromatic heterocycles. The van der Waals surface area contributed by atoms with E-state index in [1.807, 2.05) is 0 Å². The summed E-state index contributed by atoms with van der Waals surface area (Å²) in [5.41, 5.74) is 6.79. The number of aromatic nitrogens is 1. The van der Waals surface area contributed by atoms with Crippen LogP contribution in [0.15, 0.2) is 5.38 Å². The molecule has 0 bridgehead atoms. The Balaban J connectivity index is 2.06. The third kappa shape index (κ3) is 2.56. The smallest absolute Gasteiger partial charge is 0.0941 e. The Morgan fingerprint density at radius 2 is 2.47 bits per heavy atom. The number of likely N-dealkylation sites (tertiary alicyclic amines) is 1. The number of thiazole rings is 1. The van der Waals surface area contributed by atoms with Gasteiger partial charge in [0, 0.05) is 11.8 Å². The first-order valence-electron chi connectivity index (χ1n) is 5.66. The van der Waals surface area contributed by atoms with Crippen molar-refractivity contribution in [3.63, 3.8) is 0 Å². The van der Waals surface area contributed by atoms with Gasteiger partial charge in [0.15, 0.2) is 0 Å².